The number of hydrogen-bond donors (Lipinski definition) is 0. The first-order chi connectivity index (χ1) is 31.0. The fourth-order valence-corrected chi connectivity index (χ4v) is 12.1. The first-order valence-electron chi connectivity index (χ1n) is 22.4. The van der Waals surface area contributed by atoms with E-state index < -0.39 is 0 Å². The number of hydrogen-bond acceptors (Lipinski definition) is 4. The molecule has 0 radical (unpaired) electrons. The molecule has 0 unspecified atom stereocenters. The van der Waals surface area contributed by atoms with Crippen LogP contribution in [0.5, 0.6) is 0 Å². The fraction of sp³-hybridized carbons (Fsp3) is 0.138. The summed E-state index contributed by atoms with van der Waals surface area (Å²) in [7, 11) is 0. The molecule has 64 heavy (non-hydrogen) atoms. The van der Waals surface area contributed by atoms with Crippen LogP contribution in [0.1, 0.15) is 52.7 Å². The maximum atomic E-state index is 6.84. The number of rotatable bonds is 2. The maximum absolute atomic E-state index is 6.84. The number of fused-ring (bicyclic) bond motifs is 15. The number of benzene rings is 8. The third kappa shape index (κ3) is 4.95. The zero-order valence-corrected chi connectivity index (χ0v) is 37.4. The van der Waals surface area contributed by atoms with E-state index in [9.17, 15) is 0 Å². The van der Waals surface area contributed by atoms with Crippen molar-refractivity contribution >= 4 is 116 Å². The van der Waals surface area contributed by atoms with Gasteiger partial charge < -0.3 is 18.2 Å². The molecule has 0 amide bonds. The van der Waals surface area contributed by atoms with Crippen molar-refractivity contribution in [2.24, 2.45) is 0 Å². The van der Waals surface area contributed by atoms with Crippen LogP contribution in [-0.4, -0.2) is 11.4 Å². The molecule has 2 aliphatic heterocycles. The third-order valence-electron chi connectivity index (χ3n) is 14.3. The Morgan fingerprint density at radius 3 is 2.00 bits per heavy atom. The molecule has 0 spiro atoms. The minimum atomic E-state index is -0.116. The van der Waals surface area contributed by atoms with Crippen molar-refractivity contribution in [1.82, 2.24) is 4.57 Å². The molecule has 2 aliphatic rings. The monoisotopic (exact) mass is 842 g/mol. The summed E-state index contributed by atoms with van der Waals surface area (Å²) >= 11 is 1.87. The van der Waals surface area contributed by atoms with E-state index in [-0.39, 0.29) is 17.7 Å². The quantitative estimate of drug-likeness (QED) is 0.163. The Kier molecular flexibility index (Phi) is 7.05. The maximum Gasteiger partial charge on any atom is 0.333 e. The van der Waals surface area contributed by atoms with Crippen LogP contribution in [0.25, 0.3) is 103 Å². The molecule has 4 aromatic heterocycles. The molecule has 0 aliphatic carbocycles. The summed E-state index contributed by atoms with van der Waals surface area (Å²) in [5.74, 6) is 0. The second-order valence-corrected chi connectivity index (χ2v) is 21.2. The topological polar surface area (TPSA) is 34.5 Å². The molecule has 0 atom stereocenters. The SMILES string of the molecule is CC(C)(C)c1ccc(N2B3c4cc5cc(-c6ccccc6)sc5cc4-n4c5cc6oc7ccccc7c6cc5c5ccc(c3c54)-c3cc4oc5cc(C(C)(C)C)ccc5c4cc32)cc1. The summed E-state index contributed by atoms with van der Waals surface area (Å²) < 4.78 is 17.3. The predicted molar refractivity (Wildman–Crippen MR) is 273 cm³/mol. The first-order valence-corrected chi connectivity index (χ1v) is 23.2. The second-order valence-electron chi connectivity index (χ2n) is 20.1. The van der Waals surface area contributed by atoms with Crippen LogP contribution in [0, 0.1) is 0 Å². The molecule has 0 saturated heterocycles. The van der Waals surface area contributed by atoms with Gasteiger partial charge in [0.05, 0.1) is 11.0 Å². The van der Waals surface area contributed by atoms with Crippen LogP contribution >= 0.6 is 11.3 Å². The van der Waals surface area contributed by atoms with Gasteiger partial charge in [-0.3, -0.25) is 0 Å². The summed E-state index contributed by atoms with van der Waals surface area (Å²) in [6, 6.07) is 56.9. The van der Waals surface area contributed by atoms with Gasteiger partial charge in [0.25, 0.3) is 0 Å². The van der Waals surface area contributed by atoms with Crippen LogP contribution in [-0.2, 0) is 10.8 Å². The van der Waals surface area contributed by atoms with Gasteiger partial charge in [0.2, 0.25) is 0 Å². The van der Waals surface area contributed by atoms with Crippen LogP contribution in [0.15, 0.2) is 160 Å². The molecule has 14 rings (SSSR count). The van der Waals surface area contributed by atoms with Crippen molar-refractivity contribution in [3.05, 3.63) is 163 Å². The average Bonchev–Trinajstić information content (AvgIpc) is 4.06. The average molecular weight is 843 g/mol. The Bertz CT molecular complexity index is 3980. The van der Waals surface area contributed by atoms with Crippen LogP contribution in [0.4, 0.5) is 11.4 Å². The van der Waals surface area contributed by atoms with Crippen LogP contribution in [0.2, 0.25) is 0 Å². The number of thiophene rings is 1. The van der Waals surface area contributed by atoms with E-state index in [0.717, 1.165) is 49.4 Å². The summed E-state index contributed by atoms with van der Waals surface area (Å²) in [5.41, 5.74) is 18.5. The lowest BCUT2D eigenvalue weighted by Crippen LogP contribution is -2.60. The zero-order chi connectivity index (χ0) is 43.0. The highest BCUT2D eigenvalue weighted by molar-refractivity contribution is 7.22. The number of para-hydroxylation sites is 1. The summed E-state index contributed by atoms with van der Waals surface area (Å²) in [6.07, 6.45) is 0. The zero-order valence-electron chi connectivity index (χ0n) is 36.6. The molecular weight excluding hydrogens is 800 g/mol. The molecule has 0 saturated carbocycles. The number of aromatic nitrogens is 1. The van der Waals surface area contributed by atoms with Gasteiger partial charge in [0, 0.05) is 70.6 Å². The largest absolute Gasteiger partial charge is 0.456 e. The molecule has 306 valence electrons. The highest BCUT2D eigenvalue weighted by Gasteiger charge is 2.44. The normalized spacial score (nSPS) is 13.7. The number of furan rings is 2. The Morgan fingerprint density at radius 2 is 1.19 bits per heavy atom. The fourth-order valence-electron chi connectivity index (χ4n) is 11.0. The molecule has 6 heteroatoms. The van der Waals surface area contributed by atoms with Gasteiger partial charge in [-0.2, -0.15) is 0 Å². The van der Waals surface area contributed by atoms with Crippen molar-refractivity contribution in [1.29, 1.82) is 0 Å². The minimum absolute atomic E-state index is 0.00639. The molecule has 4 nitrogen and oxygen atoms in total. The lowest BCUT2D eigenvalue weighted by molar-refractivity contribution is 0.587. The van der Waals surface area contributed by atoms with Crippen molar-refractivity contribution in [2.45, 2.75) is 52.4 Å². The van der Waals surface area contributed by atoms with Crippen molar-refractivity contribution in [2.75, 3.05) is 4.81 Å². The first kappa shape index (κ1) is 36.5. The van der Waals surface area contributed by atoms with E-state index >= 15 is 0 Å². The Morgan fingerprint density at radius 1 is 0.500 bits per heavy atom. The van der Waals surface area contributed by atoms with E-state index in [1.807, 2.05) is 11.3 Å². The Balaban J connectivity index is 1.12. The summed E-state index contributed by atoms with van der Waals surface area (Å²) in [5, 5.41) is 8.30. The van der Waals surface area contributed by atoms with E-state index in [4.69, 9.17) is 8.83 Å². The lowest BCUT2D eigenvalue weighted by Gasteiger charge is -2.42. The lowest BCUT2D eigenvalue weighted by atomic mass is 9.44. The van der Waals surface area contributed by atoms with Crippen molar-refractivity contribution in [3.8, 4) is 27.3 Å². The molecule has 0 N–H and O–H groups in total. The minimum Gasteiger partial charge on any atom is -0.456 e. The smallest absolute Gasteiger partial charge is 0.333 e. The van der Waals surface area contributed by atoms with Gasteiger partial charge in [-0.05, 0) is 104 Å². The predicted octanol–water partition coefficient (Wildman–Crippen LogP) is 15.3. The van der Waals surface area contributed by atoms with Gasteiger partial charge in [-0.1, -0.05) is 133 Å². The van der Waals surface area contributed by atoms with Crippen LogP contribution in [0.3, 0.4) is 0 Å². The van der Waals surface area contributed by atoms with Gasteiger partial charge in [0.1, 0.15) is 22.3 Å². The number of nitrogens with zero attached hydrogens (tertiary/aromatic N) is 2. The molecule has 8 aromatic carbocycles. The highest BCUT2D eigenvalue weighted by Crippen LogP contribution is 2.49. The van der Waals surface area contributed by atoms with E-state index in [1.165, 1.54) is 87.1 Å². The standard InChI is InChI=1S/C58H43BN2O2S/c1-57(2,3)34-16-19-36(20-17-34)61-47-28-44-38-21-18-35(58(4,5)6)26-50(38)63-51(44)29-42(47)39-22-23-40-41-27-43-37-14-10-11-15-49(37)62-52(43)30-46(41)60-48-31-54-33(24-45(48)59(61)55(39)56(40)60)25-53(64-54)32-12-8-7-9-13-32/h7-31H,1-6H3. The van der Waals surface area contributed by atoms with Gasteiger partial charge in [0.15, 0.2) is 0 Å². The molecule has 0 fully saturated rings. The molecule has 6 heterocycles. The van der Waals surface area contributed by atoms with Crippen LogP contribution < -0.4 is 15.7 Å². The van der Waals surface area contributed by atoms with Gasteiger partial charge >= 0.3 is 6.85 Å². The van der Waals surface area contributed by atoms with Crippen molar-refractivity contribution in [3.63, 3.8) is 0 Å². The summed E-state index contributed by atoms with van der Waals surface area (Å²) in [4.78, 5) is 3.91. The molecule has 0 bridgehead atoms. The Labute approximate surface area is 375 Å². The Hall–Kier alpha value is -7.02. The third-order valence-corrected chi connectivity index (χ3v) is 15.4. The van der Waals surface area contributed by atoms with Gasteiger partial charge in [-0.15, -0.1) is 11.3 Å². The van der Waals surface area contributed by atoms with Crippen molar-refractivity contribution < 1.29 is 8.83 Å². The number of anilines is 2. The second kappa shape index (κ2) is 12.4. The van der Waals surface area contributed by atoms with E-state index in [1.54, 1.807) is 0 Å². The van der Waals surface area contributed by atoms with Gasteiger partial charge in [-0.25, -0.2) is 0 Å². The summed E-state index contributed by atoms with van der Waals surface area (Å²) in [6.45, 7) is 13.6. The van der Waals surface area contributed by atoms with E-state index in [0.29, 0.717) is 0 Å². The molecular formula is C58H43BN2O2S. The van der Waals surface area contributed by atoms with E-state index in [2.05, 4.69) is 203 Å². The molecule has 12 aromatic rings. The highest BCUT2D eigenvalue weighted by atomic mass is 32.1.